The highest BCUT2D eigenvalue weighted by Crippen LogP contribution is 2.10. The Hall–Kier alpha value is -1.62. The van der Waals surface area contributed by atoms with Crippen molar-refractivity contribution in [1.29, 1.82) is 0 Å². The zero-order chi connectivity index (χ0) is 12.4. The summed E-state index contributed by atoms with van der Waals surface area (Å²) in [6.45, 7) is 4.12. The van der Waals surface area contributed by atoms with Crippen LogP contribution in [0.4, 0.5) is 5.95 Å². The van der Waals surface area contributed by atoms with Crippen LogP contribution in [-0.2, 0) is 0 Å². The summed E-state index contributed by atoms with van der Waals surface area (Å²) in [6, 6.07) is 6.68. The fourth-order valence-corrected chi connectivity index (χ4v) is 2.47. The van der Waals surface area contributed by atoms with E-state index < -0.39 is 0 Å². The first-order chi connectivity index (χ1) is 8.83. The van der Waals surface area contributed by atoms with Gasteiger partial charge in [-0.2, -0.15) is 4.98 Å². The monoisotopic (exact) mass is 245 g/mol. The largest absolute Gasteiger partial charge is 0.353 e. The van der Waals surface area contributed by atoms with E-state index in [1.54, 1.807) is 0 Å². The molecule has 0 aliphatic carbocycles. The van der Waals surface area contributed by atoms with Crippen molar-refractivity contribution in [3.8, 4) is 0 Å². The molecule has 1 aliphatic rings. The van der Waals surface area contributed by atoms with Crippen molar-refractivity contribution in [3.63, 3.8) is 0 Å². The van der Waals surface area contributed by atoms with Gasteiger partial charge in [0.15, 0.2) is 5.65 Å². The maximum atomic E-state index is 4.46. The van der Waals surface area contributed by atoms with Crippen LogP contribution in [0, 0.1) is 6.92 Å². The van der Waals surface area contributed by atoms with Crippen molar-refractivity contribution in [2.45, 2.75) is 32.2 Å². The van der Waals surface area contributed by atoms with Gasteiger partial charge in [0.1, 0.15) is 0 Å². The van der Waals surface area contributed by atoms with Crippen LogP contribution in [0.3, 0.4) is 0 Å². The molecule has 5 nitrogen and oxygen atoms in total. The molecule has 1 fully saturated rings. The number of aryl methyl sites for hydroxylation is 1. The number of pyridine rings is 1. The molecular formula is C13H19N5. The molecule has 1 aliphatic heterocycles. The molecule has 18 heavy (non-hydrogen) atoms. The van der Waals surface area contributed by atoms with Crippen molar-refractivity contribution in [2.24, 2.45) is 0 Å². The van der Waals surface area contributed by atoms with E-state index in [2.05, 4.69) is 20.7 Å². The lowest BCUT2D eigenvalue weighted by Crippen LogP contribution is -2.24. The van der Waals surface area contributed by atoms with Crippen molar-refractivity contribution < 1.29 is 0 Å². The minimum absolute atomic E-state index is 0.663. The van der Waals surface area contributed by atoms with Gasteiger partial charge in [-0.1, -0.05) is 6.07 Å². The molecule has 0 bridgehead atoms. The predicted octanol–water partition coefficient (Wildman–Crippen LogP) is 1.59. The second-order valence-corrected chi connectivity index (χ2v) is 4.88. The Morgan fingerprint density at radius 2 is 2.44 bits per heavy atom. The third kappa shape index (κ3) is 2.31. The number of nitrogens with zero attached hydrogens (tertiary/aromatic N) is 3. The number of aromatic nitrogens is 3. The van der Waals surface area contributed by atoms with Gasteiger partial charge in [-0.25, -0.2) is 4.52 Å². The topological polar surface area (TPSA) is 54.2 Å². The first kappa shape index (κ1) is 11.5. The van der Waals surface area contributed by atoms with Crippen LogP contribution in [0.2, 0.25) is 0 Å². The smallest absolute Gasteiger partial charge is 0.243 e. The van der Waals surface area contributed by atoms with E-state index >= 15 is 0 Å². The Morgan fingerprint density at radius 1 is 1.50 bits per heavy atom. The molecule has 3 rings (SSSR count). The molecule has 2 N–H and O–H groups in total. The van der Waals surface area contributed by atoms with Crippen molar-refractivity contribution in [3.05, 3.63) is 23.9 Å². The van der Waals surface area contributed by atoms with Crippen molar-refractivity contribution in [2.75, 3.05) is 18.4 Å². The van der Waals surface area contributed by atoms with Gasteiger partial charge < -0.3 is 10.6 Å². The quantitative estimate of drug-likeness (QED) is 0.859. The van der Waals surface area contributed by atoms with Crippen LogP contribution in [0.25, 0.3) is 5.65 Å². The fourth-order valence-electron chi connectivity index (χ4n) is 2.47. The lowest BCUT2D eigenvalue weighted by molar-refractivity contribution is 0.573. The van der Waals surface area contributed by atoms with Gasteiger partial charge in [-0.05, 0) is 44.9 Å². The molecule has 0 radical (unpaired) electrons. The van der Waals surface area contributed by atoms with Crippen LogP contribution < -0.4 is 10.6 Å². The number of anilines is 1. The van der Waals surface area contributed by atoms with Gasteiger partial charge >= 0.3 is 0 Å². The summed E-state index contributed by atoms with van der Waals surface area (Å²) in [5, 5.41) is 11.2. The van der Waals surface area contributed by atoms with Gasteiger partial charge in [0.25, 0.3) is 0 Å². The highest BCUT2D eigenvalue weighted by molar-refractivity contribution is 5.44. The first-order valence-electron chi connectivity index (χ1n) is 6.62. The van der Waals surface area contributed by atoms with E-state index in [-0.39, 0.29) is 0 Å². The van der Waals surface area contributed by atoms with Gasteiger partial charge in [0.2, 0.25) is 5.95 Å². The summed E-state index contributed by atoms with van der Waals surface area (Å²) in [4.78, 5) is 4.46. The molecule has 5 heteroatoms. The lowest BCUT2D eigenvalue weighted by Gasteiger charge is -2.09. The lowest BCUT2D eigenvalue weighted by atomic mass is 10.2. The number of rotatable bonds is 4. The highest BCUT2D eigenvalue weighted by atomic mass is 15.3. The highest BCUT2D eigenvalue weighted by Gasteiger charge is 2.13. The van der Waals surface area contributed by atoms with Crippen LogP contribution in [-0.4, -0.2) is 33.7 Å². The minimum atomic E-state index is 0.663. The maximum Gasteiger partial charge on any atom is 0.243 e. The number of hydrogen-bond acceptors (Lipinski definition) is 4. The minimum Gasteiger partial charge on any atom is -0.353 e. The summed E-state index contributed by atoms with van der Waals surface area (Å²) >= 11 is 0. The summed E-state index contributed by atoms with van der Waals surface area (Å²) in [5.41, 5.74) is 2.00. The predicted molar refractivity (Wildman–Crippen MR) is 71.9 cm³/mol. The summed E-state index contributed by atoms with van der Waals surface area (Å²) in [5.74, 6) is 0.724. The normalized spacial score (nSPS) is 19.5. The van der Waals surface area contributed by atoms with Crippen LogP contribution in [0.5, 0.6) is 0 Å². The van der Waals surface area contributed by atoms with Crippen molar-refractivity contribution in [1.82, 2.24) is 19.9 Å². The molecule has 3 heterocycles. The average molecular weight is 245 g/mol. The molecule has 1 saturated heterocycles. The molecule has 2 aromatic rings. The van der Waals surface area contributed by atoms with E-state index in [0.29, 0.717) is 6.04 Å². The number of hydrogen-bond donors (Lipinski definition) is 2. The van der Waals surface area contributed by atoms with Gasteiger partial charge in [-0.3, -0.25) is 0 Å². The Labute approximate surface area is 107 Å². The third-order valence-corrected chi connectivity index (χ3v) is 3.49. The number of nitrogens with one attached hydrogen (secondary N) is 2. The van der Waals surface area contributed by atoms with Crippen LogP contribution in [0.1, 0.15) is 25.0 Å². The molecule has 0 saturated carbocycles. The fraction of sp³-hybridized carbons (Fsp3) is 0.538. The molecule has 0 spiro atoms. The zero-order valence-corrected chi connectivity index (χ0v) is 10.7. The summed E-state index contributed by atoms with van der Waals surface area (Å²) in [6.07, 6.45) is 3.73. The van der Waals surface area contributed by atoms with Crippen molar-refractivity contribution >= 4 is 11.6 Å². The summed E-state index contributed by atoms with van der Waals surface area (Å²) in [7, 11) is 0. The van der Waals surface area contributed by atoms with Gasteiger partial charge in [0, 0.05) is 18.3 Å². The second-order valence-electron chi connectivity index (χ2n) is 4.88. The molecule has 0 aromatic carbocycles. The Balaban J connectivity index is 1.62. The Kier molecular flexibility index (Phi) is 3.15. The first-order valence-corrected chi connectivity index (χ1v) is 6.62. The second kappa shape index (κ2) is 4.94. The zero-order valence-electron chi connectivity index (χ0n) is 10.7. The number of fused-ring (bicyclic) bond motifs is 1. The average Bonchev–Trinajstić information content (AvgIpc) is 2.98. The maximum absolute atomic E-state index is 4.46. The molecule has 96 valence electrons. The Bertz CT molecular complexity index is 527. The molecule has 0 unspecified atom stereocenters. The van der Waals surface area contributed by atoms with Gasteiger partial charge in [0.05, 0.1) is 0 Å². The van der Waals surface area contributed by atoms with Crippen LogP contribution >= 0.6 is 0 Å². The molecule has 2 aromatic heterocycles. The van der Waals surface area contributed by atoms with Crippen LogP contribution in [0.15, 0.2) is 18.2 Å². The van der Waals surface area contributed by atoms with E-state index in [9.17, 15) is 0 Å². The van der Waals surface area contributed by atoms with Gasteiger partial charge in [-0.15, -0.1) is 5.10 Å². The molecular weight excluding hydrogens is 226 g/mol. The molecule has 0 amide bonds. The SMILES string of the molecule is Cc1cccc2nc(NCC[C@H]3CCCN3)nn12. The Morgan fingerprint density at radius 3 is 3.22 bits per heavy atom. The van der Waals surface area contributed by atoms with E-state index in [4.69, 9.17) is 0 Å². The third-order valence-electron chi connectivity index (χ3n) is 3.49. The molecule has 1 atom stereocenters. The van der Waals surface area contributed by atoms with E-state index in [1.165, 1.54) is 12.8 Å². The van der Waals surface area contributed by atoms with E-state index in [1.807, 2.05) is 29.6 Å². The standard InChI is InChI=1S/C13H19N5/c1-10-4-2-6-12-16-13(17-18(10)12)15-9-7-11-5-3-8-14-11/h2,4,6,11,14H,3,5,7-9H2,1H3,(H,15,17)/t11-/m1/s1. The summed E-state index contributed by atoms with van der Waals surface area (Å²) < 4.78 is 1.87. The van der Waals surface area contributed by atoms with E-state index in [0.717, 1.165) is 36.8 Å².